The first-order valence-corrected chi connectivity index (χ1v) is 13.1. The van der Waals surface area contributed by atoms with Gasteiger partial charge in [0.15, 0.2) is 0 Å². The van der Waals surface area contributed by atoms with Gasteiger partial charge in [-0.15, -0.1) is 11.3 Å². The Labute approximate surface area is 218 Å². The van der Waals surface area contributed by atoms with Gasteiger partial charge in [-0.1, -0.05) is 36.4 Å². The predicted molar refractivity (Wildman–Crippen MR) is 147 cm³/mol. The lowest BCUT2D eigenvalue weighted by Gasteiger charge is -2.24. The van der Waals surface area contributed by atoms with Gasteiger partial charge in [0.1, 0.15) is 5.01 Å². The van der Waals surface area contributed by atoms with E-state index >= 15 is 0 Å². The fraction of sp³-hybridized carbons (Fsp3) is 0.241. The molecule has 0 saturated carbocycles. The minimum atomic E-state index is -0.418. The van der Waals surface area contributed by atoms with Crippen molar-refractivity contribution in [2.45, 2.75) is 31.6 Å². The fourth-order valence-electron chi connectivity index (χ4n) is 4.64. The quantitative estimate of drug-likeness (QED) is 0.317. The highest BCUT2D eigenvalue weighted by Crippen LogP contribution is 2.30. The van der Waals surface area contributed by atoms with Crippen molar-refractivity contribution in [3.63, 3.8) is 0 Å². The van der Waals surface area contributed by atoms with E-state index in [-0.39, 0.29) is 18.8 Å². The second-order valence-corrected chi connectivity index (χ2v) is 10.0. The Balaban J connectivity index is 0.000000265. The molecule has 1 fully saturated rings. The molecule has 8 heteroatoms. The number of hydrogen-bond donors (Lipinski definition) is 3. The zero-order valence-corrected chi connectivity index (χ0v) is 21.1. The molecule has 4 N–H and O–H groups in total. The predicted octanol–water partition coefficient (Wildman–Crippen LogP) is 4.58. The number of aromatic nitrogens is 2. The van der Waals surface area contributed by atoms with Gasteiger partial charge < -0.3 is 25.3 Å². The van der Waals surface area contributed by atoms with E-state index in [2.05, 4.69) is 39.9 Å². The van der Waals surface area contributed by atoms with Crippen LogP contribution in [-0.2, 0) is 11.3 Å². The average Bonchev–Trinajstić information content (AvgIpc) is 3.58. The lowest BCUT2D eigenvalue weighted by molar-refractivity contribution is -0.0642. The van der Waals surface area contributed by atoms with Gasteiger partial charge in [0, 0.05) is 53.8 Å². The number of aliphatic hydroxyl groups is 2. The van der Waals surface area contributed by atoms with Crippen LogP contribution in [0.4, 0.5) is 0 Å². The summed E-state index contributed by atoms with van der Waals surface area (Å²) in [5, 5.41) is 23.8. The molecule has 6 rings (SSSR count). The molecular weight excluding hydrogens is 486 g/mol. The number of benzene rings is 3. The number of carbonyl (C=O) groups is 1. The molecule has 3 heterocycles. The van der Waals surface area contributed by atoms with Crippen LogP contribution in [-0.4, -0.2) is 51.1 Å². The molecule has 0 radical (unpaired) electrons. The minimum Gasteiger partial charge on any atom is -0.394 e. The zero-order valence-electron chi connectivity index (χ0n) is 20.3. The Bertz CT molecular complexity index is 1510. The van der Waals surface area contributed by atoms with Gasteiger partial charge in [0.2, 0.25) is 0 Å². The zero-order chi connectivity index (χ0) is 25.8. The van der Waals surface area contributed by atoms with Crippen LogP contribution < -0.4 is 5.73 Å². The van der Waals surface area contributed by atoms with Gasteiger partial charge in [0.05, 0.1) is 24.4 Å². The van der Waals surface area contributed by atoms with Gasteiger partial charge in [-0.3, -0.25) is 4.79 Å². The molecule has 2 unspecified atom stereocenters. The molecular formula is C29H29N3O4S. The molecule has 1 aliphatic heterocycles. The summed E-state index contributed by atoms with van der Waals surface area (Å²) in [5.74, 6) is -0.418. The Hall–Kier alpha value is -3.56. The van der Waals surface area contributed by atoms with Crippen molar-refractivity contribution < 1.29 is 19.7 Å². The number of carbonyl (C=O) groups excluding carboxylic acids is 1. The summed E-state index contributed by atoms with van der Waals surface area (Å²) in [5.41, 5.74) is 9.36. The molecule has 3 aromatic carbocycles. The van der Waals surface area contributed by atoms with Crippen molar-refractivity contribution in [2.24, 2.45) is 5.73 Å². The monoisotopic (exact) mass is 515 g/mol. The summed E-state index contributed by atoms with van der Waals surface area (Å²) in [4.78, 5) is 16.4. The normalized spacial score (nSPS) is 17.5. The summed E-state index contributed by atoms with van der Waals surface area (Å²) in [7, 11) is 0. The van der Waals surface area contributed by atoms with Crippen molar-refractivity contribution in [2.75, 3.05) is 13.2 Å². The van der Waals surface area contributed by atoms with E-state index in [4.69, 9.17) is 20.7 Å². The lowest BCUT2D eigenvalue weighted by Crippen LogP contribution is -2.31. The highest BCUT2D eigenvalue weighted by molar-refractivity contribution is 7.13. The molecule has 0 spiro atoms. The first-order chi connectivity index (χ1) is 18.0. The van der Waals surface area contributed by atoms with E-state index in [0.717, 1.165) is 21.5 Å². The maximum absolute atomic E-state index is 12.0. The number of nitrogens with zero attached hydrogens (tertiary/aromatic N) is 2. The maximum atomic E-state index is 12.0. The van der Waals surface area contributed by atoms with Crippen molar-refractivity contribution >= 4 is 38.9 Å². The molecule has 2 aromatic heterocycles. The molecule has 5 aromatic rings. The Kier molecular flexibility index (Phi) is 7.62. The number of amides is 1. The Morgan fingerprint density at radius 1 is 1.14 bits per heavy atom. The van der Waals surface area contributed by atoms with Gasteiger partial charge in [-0.05, 0) is 47.0 Å². The lowest BCUT2D eigenvalue weighted by atomic mass is 10.1. The largest absolute Gasteiger partial charge is 0.394 e. The number of fused-ring (bicyclic) bond motifs is 2. The van der Waals surface area contributed by atoms with Crippen LogP contribution in [0.2, 0.25) is 0 Å². The molecule has 37 heavy (non-hydrogen) atoms. The van der Waals surface area contributed by atoms with E-state index < -0.39 is 5.91 Å². The highest BCUT2D eigenvalue weighted by Gasteiger charge is 2.19. The minimum absolute atomic E-state index is 0.0249. The van der Waals surface area contributed by atoms with Gasteiger partial charge in [0.25, 0.3) is 5.91 Å². The maximum Gasteiger partial charge on any atom is 0.250 e. The first-order valence-electron chi connectivity index (χ1n) is 12.2. The summed E-state index contributed by atoms with van der Waals surface area (Å²) in [6, 6.07) is 20.8. The number of primary amides is 1. The molecule has 190 valence electrons. The van der Waals surface area contributed by atoms with Crippen LogP contribution in [0.25, 0.3) is 32.2 Å². The number of thiazole rings is 1. The summed E-state index contributed by atoms with van der Waals surface area (Å²) < 4.78 is 7.18. The summed E-state index contributed by atoms with van der Waals surface area (Å²) in [6.07, 6.45) is 4.52. The van der Waals surface area contributed by atoms with Crippen LogP contribution in [0.1, 0.15) is 28.8 Å². The number of ether oxygens (including phenoxy) is 1. The topological polar surface area (TPSA) is 111 Å². The number of aliphatic hydroxyl groups excluding tert-OH is 2. The third-order valence-corrected chi connectivity index (χ3v) is 7.36. The van der Waals surface area contributed by atoms with Crippen molar-refractivity contribution in [1.29, 1.82) is 0 Å². The second-order valence-electron chi connectivity index (χ2n) is 9.14. The third kappa shape index (κ3) is 5.73. The number of nitrogens with two attached hydrogens (primary N) is 1. The Morgan fingerprint density at radius 3 is 2.68 bits per heavy atom. The van der Waals surface area contributed by atoms with E-state index in [1.807, 2.05) is 41.9 Å². The SMILES string of the molecule is NC(=O)c1cn(Cc2ccc3ccccc3c2)c2ccc(-c3nccs3)cc12.OCC1CC(O)CCO1. The molecule has 1 aliphatic rings. The highest BCUT2D eigenvalue weighted by atomic mass is 32.1. The van der Waals surface area contributed by atoms with Gasteiger partial charge >= 0.3 is 0 Å². The van der Waals surface area contributed by atoms with Crippen LogP contribution >= 0.6 is 11.3 Å². The Morgan fingerprint density at radius 2 is 1.97 bits per heavy atom. The summed E-state index contributed by atoms with van der Waals surface area (Å²) in [6.45, 7) is 1.27. The van der Waals surface area contributed by atoms with E-state index in [9.17, 15) is 4.79 Å². The van der Waals surface area contributed by atoms with Gasteiger partial charge in [-0.2, -0.15) is 0 Å². The smallest absolute Gasteiger partial charge is 0.250 e. The molecule has 0 bridgehead atoms. The van der Waals surface area contributed by atoms with Gasteiger partial charge in [-0.25, -0.2) is 4.98 Å². The molecule has 0 aliphatic carbocycles. The second kappa shape index (κ2) is 11.2. The number of hydrogen-bond acceptors (Lipinski definition) is 6. The molecule has 2 atom stereocenters. The fourth-order valence-corrected chi connectivity index (χ4v) is 5.28. The van der Waals surface area contributed by atoms with Crippen LogP contribution in [0.5, 0.6) is 0 Å². The summed E-state index contributed by atoms with van der Waals surface area (Å²) >= 11 is 1.58. The van der Waals surface area contributed by atoms with Crippen LogP contribution in [0.3, 0.4) is 0 Å². The van der Waals surface area contributed by atoms with E-state index in [0.29, 0.717) is 31.6 Å². The third-order valence-electron chi connectivity index (χ3n) is 6.54. The van der Waals surface area contributed by atoms with Crippen LogP contribution in [0.15, 0.2) is 78.4 Å². The molecule has 1 amide bonds. The van der Waals surface area contributed by atoms with Crippen molar-refractivity contribution in [1.82, 2.24) is 9.55 Å². The number of rotatable bonds is 5. The van der Waals surface area contributed by atoms with E-state index in [1.165, 1.54) is 16.3 Å². The first kappa shape index (κ1) is 25.1. The molecule has 7 nitrogen and oxygen atoms in total. The van der Waals surface area contributed by atoms with Crippen LogP contribution in [0, 0.1) is 0 Å². The van der Waals surface area contributed by atoms with Crippen molar-refractivity contribution in [3.05, 3.63) is 89.6 Å². The van der Waals surface area contributed by atoms with E-state index in [1.54, 1.807) is 17.5 Å². The standard InChI is InChI=1S/C23H17N3OS.C6H12O3/c24-22(27)20-14-26(13-15-5-6-16-3-1-2-4-17(16)11-15)21-8-7-18(12-19(20)21)23-25-9-10-28-23;7-4-6-3-5(8)1-2-9-6/h1-12,14H,13H2,(H2,24,27);5-8H,1-4H2. The van der Waals surface area contributed by atoms with Crippen molar-refractivity contribution in [3.8, 4) is 10.6 Å². The molecule has 1 saturated heterocycles. The average molecular weight is 516 g/mol.